The van der Waals surface area contributed by atoms with Gasteiger partial charge in [-0.3, -0.25) is 0 Å². The van der Waals surface area contributed by atoms with Crippen LogP contribution >= 0.6 is 11.6 Å². The van der Waals surface area contributed by atoms with Gasteiger partial charge < -0.3 is 20.7 Å². The number of carbonyl (C=O) groups is 1. The van der Waals surface area contributed by atoms with Crippen LogP contribution in [0.25, 0.3) is 10.9 Å². The summed E-state index contributed by atoms with van der Waals surface area (Å²) >= 11 is 5.89. The lowest BCUT2D eigenvalue weighted by molar-refractivity contribution is 0.0268. The van der Waals surface area contributed by atoms with Gasteiger partial charge in [0.1, 0.15) is 17.7 Å². The summed E-state index contributed by atoms with van der Waals surface area (Å²) in [5.41, 5.74) is 7.50. The minimum absolute atomic E-state index is 0.0142. The Morgan fingerprint density at radius 3 is 2.91 bits per heavy atom. The SMILES string of the molecule is CC(C)(C)OC(=O)N1C[C@H]2C[C@@]2(C#Cc2cc3ncnc(Nc4cccc(Cl)c4F)c3cc2N)C1. The monoisotopic (exact) mass is 493 g/mol. The molecular formula is C26H25ClFN5O2. The summed E-state index contributed by atoms with van der Waals surface area (Å²) in [4.78, 5) is 22.8. The molecule has 2 heterocycles. The molecule has 1 aromatic heterocycles. The van der Waals surface area contributed by atoms with Crippen molar-refractivity contribution in [2.75, 3.05) is 24.1 Å². The van der Waals surface area contributed by atoms with Crippen molar-refractivity contribution in [1.29, 1.82) is 0 Å². The van der Waals surface area contributed by atoms with Crippen molar-refractivity contribution >= 4 is 45.8 Å². The molecule has 0 radical (unpaired) electrons. The predicted octanol–water partition coefficient (Wildman–Crippen LogP) is 5.36. The first-order valence-corrected chi connectivity index (χ1v) is 11.7. The summed E-state index contributed by atoms with van der Waals surface area (Å²) in [6.45, 7) is 6.77. The number of rotatable bonds is 2. The molecule has 1 aliphatic carbocycles. The number of benzene rings is 2. The van der Waals surface area contributed by atoms with E-state index in [4.69, 9.17) is 22.1 Å². The number of aromatic nitrogens is 2. The predicted molar refractivity (Wildman–Crippen MR) is 134 cm³/mol. The number of likely N-dealkylation sites (tertiary alicyclic amines) is 1. The van der Waals surface area contributed by atoms with Gasteiger partial charge in [-0.05, 0) is 57.4 Å². The highest BCUT2D eigenvalue weighted by molar-refractivity contribution is 6.31. The van der Waals surface area contributed by atoms with Gasteiger partial charge in [-0.2, -0.15) is 0 Å². The molecule has 35 heavy (non-hydrogen) atoms. The Balaban J connectivity index is 1.38. The van der Waals surface area contributed by atoms with E-state index in [9.17, 15) is 9.18 Å². The van der Waals surface area contributed by atoms with Gasteiger partial charge in [-0.1, -0.05) is 29.5 Å². The molecule has 2 fully saturated rings. The molecule has 0 spiro atoms. The molecule has 0 bridgehead atoms. The number of halogens is 2. The Kier molecular flexibility index (Phi) is 5.48. The van der Waals surface area contributed by atoms with Crippen LogP contribution in [0.5, 0.6) is 0 Å². The number of nitrogens with one attached hydrogen (secondary N) is 1. The normalized spacial score (nSPS) is 20.7. The van der Waals surface area contributed by atoms with E-state index in [1.165, 1.54) is 12.4 Å². The quantitative estimate of drug-likeness (QED) is 0.369. The van der Waals surface area contributed by atoms with Crippen LogP contribution in [0.3, 0.4) is 0 Å². The van der Waals surface area contributed by atoms with Crippen LogP contribution in [0.15, 0.2) is 36.7 Å². The molecule has 180 valence electrons. The summed E-state index contributed by atoms with van der Waals surface area (Å²) in [5.74, 6) is 6.77. The van der Waals surface area contributed by atoms with Crippen LogP contribution in [0.4, 0.5) is 26.4 Å². The zero-order valence-corrected chi connectivity index (χ0v) is 20.4. The molecule has 3 N–H and O–H groups in total. The Hall–Kier alpha value is -3.57. The fraction of sp³-hybridized carbons (Fsp3) is 0.346. The van der Waals surface area contributed by atoms with Gasteiger partial charge in [0.15, 0.2) is 5.82 Å². The van der Waals surface area contributed by atoms with E-state index in [0.717, 1.165) is 6.42 Å². The summed E-state index contributed by atoms with van der Waals surface area (Å²) in [6, 6.07) is 8.23. The topological polar surface area (TPSA) is 93.4 Å². The highest BCUT2D eigenvalue weighted by Crippen LogP contribution is 2.57. The lowest BCUT2D eigenvalue weighted by atomic mass is 10.0. The van der Waals surface area contributed by atoms with Crippen molar-refractivity contribution in [3.05, 3.63) is 53.1 Å². The van der Waals surface area contributed by atoms with Gasteiger partial charge in [0.25, 0.3) is 0 Å². The van der Waals surface area contributed by atoms with Crippen LogP contribution in [-0.4, -0.2) is 39.7 Å². The van der Waals surface area contributed by atoms with E-state index in [1.54, 1.807) is 29.2 Å². The maximum Gasteiger partial charge on any atom is 0.410 e. The fourth-order valence-corrected chi connectivity index (χ4v) is 4.56. The summed E-state index contributed by atoms with van der Waals surface area (Å²) in [5, 5.41) is 3.62. The number of hydrogen-bond acceptors (Lipinski definition) is 6. The van der Waals surface area contributed by atoms with Crippen molar-refractivity contribution in [3.63, 3.8) is 0 Å². The first kappa shape index (κ1) is 23.2. The first-order chi connectivity index (χ1) is 16.5. The standard InChI is InChI=1S/C26H25ClFN5O2/c1-25(2,3)35-24(34)33-12-16-11-26(16,13-33)8-7-15-9-21-17(10-19(15)29)23(31-14-30-21)32-20-6-4-5-18(27)22(20)28/h4-6,9-10,14,16H,11-13,29H2,1-3H3,(H,30,31,32)/t16-,26+/m1/s1. The van der Waals surface area contributed by atoms with Crippen LogP contribution in [0.1, 0.15) is 32.8 Å². The van der Waals surface area contributed by atoms with Crippen LogP contribution in [0, 0.1) is 29.0 Å². The highest BCUT2D eigenvalue weighted by Gasteiger charge is 2.60. The molecule has 5 rings (SSSR count). The highest BCUT2D eigenvalue weighted by atomic mass is 35.5. The molecule has 2 aromatic carbocycles. The Bertz CT molecular complexity index is 1410. The van der Waals surface area contributed by atoms with Gasteiger partial charge in [-0.25, -0.2) is 19.2 Å². The van der Waals surface area contributed by atoms with Crippen molar-refractivity contribution in [3.8, 4) is 11.8 Å². The number of piperidine rings is 1. The minimum Gasteiger partial charge on any atom is -0.444 e. The molecule has 1 amide bonds. The van der Waals surface area contributed by atoms with Gasteiger partial charge in [0, 0.05) is 29.7 Å². The maximum absolute atomic E-state index is 14.4. The van der Waals surface area contributed by atoms with E-state index in [2.05, 4.69) is 27.1 Å². The number of nitrogens with two attached hydrogens (primary N) is 1. The molecule has 1 saturated heterocycles. The number of nitrogens with zero attached hydrogens (tertiary/aromatic N) is 3. The Labute approximate surface area is 207 Å². The molecule has 1 saturated carbocycles. The largest absolute Gasteiger partial charge is 0.444 e. The fourth-order valence-electron chi connectivity index (χ4n) is 4.39. The van der Waals surface area contributed by atoms with Crippen molar-refractivity contribution in [1.82, 2.24) is 14.9 Å². The van der Waals surface area contributed by atoms with Crippen LogP contribution in [-0.2, 0) is 4.74 Å². The number of carbonyl (C=O) groups excluding carboxylic acids is 1. The zero-order chi connectivity index (χ0) is 25.0. The van der Waals surface area contributed by atoms with E-state index in [0.29, 0.717) is 47.0 Å². The van der Waals surface area contributed by atoms with Crippen LogP contribution < -0.4 is 11.1 Å². The minimum atomic E-state index is -0.563. The number of nitrogen functional groups attached to an aromatic ring is 1. The average Bonchev–Trinajstić information content (AvgIpc) is 3.34. The van der Waals surface area contributed by atoms with E-state index in [1.807, 2.05) is 20.8 Å². The first-order valence-electron chi connectivity index (χ1n) is 11.3. The molecule has 7 nitrogen and oxygen atoms in total. The Morgan fingerprint density at radius 2 is 2.14 bits per heavy atom. The second kappa shape index (κ2) is 8.28. The molecule has 1 aliphatic heterocycles. The second-order valence-electron chi connectivity index (χ2n) is 10.1. The zero-order valence-electron chi connectivity index (χ0n) is 19.7. The average molecular weight is 494 g/mol. The number of hydrogen-bond donors (Lipinski definition) is 2. The number of ether oxygens (including phenoxy) is 1. The van der Waals surface area contributed by atoms with E-state index < -0.39 is 11.4 Å². The number of fused-ring (bicyclic) bond motifs is 2. The maximum atomic E-state index is 14.4. The molecule has 0 unspecified atom stereocenters. The third-order valence-corrected chi connectivity index (χ3v) is 6.55. The van der Waals surface area contributed by atoms with Crippen LogP contribution in [0.2, 0.25) is 5.02 Å². The van der Waals surface area contributed by atoms with Crippen molar-refractivity contribution in [2.24, 2.45) is 11.3 Å². The molecular weight excluding hydrogens is 469 g/mol. The second-order valence-corrected chi connectivity index (χ2v) is 10.5. The molecule has 9 heteroatoms. The molecule has 2 atom stereocenters. The van der Waals surface area contributed by atoms with Gasteiger partial charge in [0.2, 0.25) is 0 Å². The van der Waals surface area contributed by atoms with Gasteiger partial charge >= 0.3 is 6.09 Å². The summed E-state index contributed by atoms with van der Waals surface area (Å²) in [6.07, 6.45) is 2.05. The molecule has 2 aliphatic rings. The van der Waals surface area contributed by atoms with Crippen molar-refractivity contribution in [2.45, 2.75) is 32.8 Å². The van der Waals surface area contributed by atoms with E-state index in [-0.39, 0.29) is 22.2 Å². The smallest absolute Gasteiger partial charge is 0.410 e. The third-order valence-electron chi connectivity index (χ3n) is 6.25. The molecule has 3 aromatic rings. The van der Waals surface area contributed by atoms with Gasteiger partial charge in [-0.15, -0.1) is 0 Å². The van der Waals surface area contributed by atoms with Gasteiger partial charge in [0.05, 0.1) is 21.6 Å². The third kappa shape index (κ3) is 4.56. The number of amides is 1. The Morgan fingerprint density at radius 1 is 1.34 bits per heavy atom. The van der Waals surface area contributed by atoms with Crippen molar-refractivity contribution < 1.29 is 13.9 Å². The summed E-state index contributed by atoms with van der Waals surface area (Å²) in [7, 11) is 0. The lowest BCUT2D eigenvalue weighted by Crippen LogP contribution is -2.37. The lowest BCUT2D eigenvalue weighted by Gasteiger charge is -2.25. The summed E-state index contributed by atoms with van der Waals surface area (Å²) < 4.78 is 19.9. The number of anilines is 3. The van der Waals surface area contributed by atoms with E-state index >= 15 is 0 Å².